The van der Waals surface area contributed by atoms with Crippen LogP contribution in [0.5, 0.6) is 5.75 Å². The molecule has 210 valence electrons. The fourth-order valence-electron chi connectivity index (χ4n) is 3.95. The number of phenols is 1. The Balaban J connectivity index is 1.59. The first kappa shape index (κ1) is 29.6. The number of rotatable bonds is 6. The van der Waals surface area contributed by atoms with Gasteiger partial charge in [0.15, 0.2) is 5.75 Å². The van der Waals surface area contributed by atoms with Crippen molar-refractivity contribution >= 4 is 103 Å². The van der Waals surface area contributed by atoms with Crippen LogP contribution in [0.15, 0.2) is 95.2 Å². The van der Waals surface area contributed by atoms with Gasteiger partial charge in [0.1, 0.15) is 11.4 Å². The van der Waals surface area contributed by atoms with E-state index in [1.54, 1.807) is 66.7 Å². The van der Waals surface area contributed by atoms with Crippen molar-refractivity contribution in [2.75, 3.05) is 10.6 Å². The molecule has 0 aromatic heterocycles. The van der Waals surface area contributed by atoms with E-state index < -0.39 is 17.6 Å². The predicted molar refractivity (Wildman–Crippen MR) is 170 cm³/mol. The van der Waals surface area contributed by atoms with Gasteiger partial charge in [-0.25, -0.2) is 0 Å². The van der Waals surface area contributed by atoms with Crippen LogP contribution in [0.1, 0.15) is 20.7 Å². The Labute approximate surface area is 264 Å². The van der Waals surface area contributed by atoms with Crippen LogP contribution in [-0.4, -0.2) is 16.9 Å². The molecular formula is C30H17Cl5N4O3. The number of amides is 2. The number of hydrogen-bond donors (Lipinski definition) is 3. The van der Waals surface area contributed by atoms with Crippen molar-refractivity contribution in [3.05, 3.63) is 121 Å². The molecule has 12 heteroatoms. The topological polar surface area (TPSA) is 103 Å². The van der Waals surface area contributed by atoms with Crippen LogP contribution in [0.4, 0.5) is 22.7 Å². The van der Waals surface area contributed by atoms with Crippen molar-refractivity contribution in [2.24, 2.45) is 10.2 Å². The fourth-order valence-corrected chi connectivity index (χ4v) is 4.78. The SMILES string of the molecule is O=C(Nc1ccc(Cl)cc1)c1ccc2c(/N=N/c3cc(Cl)c(Cl)cc3Cl)c(O)c(C(=O)Nc3ccc(Cl)cc3)cc2c1. The number of phenolic OH excluding ortho intramolecular Hbond substituents is 1. The molecule has 0 atom stereocenters. The summed E-state index contributed by atoms with van der Waals surface area (Å²) in [5.41, 5.74) is 1.34. The highest BCUT2D eigenvalue weighted by molar-refractivity contribution is 6.44. The fraction of sp³-hybridized carbons (Fsp3) is 0. The second-order valence-electron chi connectivity index (χ2n) is 8.90. The van der Waals surface area contributed by atoms with E-state index >= 15 is 0 Å². The first-order valence-electron chi connectivity index (χ1n) is 12.1. The van der Waals surface area contributed by atoms with Crippen LogP contribution < -0.4 is 10.6 Å². The molecule has 7 nitrogen and oxygen atoms in total. The number of aromatic hydroxyl groups is 1. The minimum Gasteiger partial charge on any atom is -0.505 e. The van der Waals surface area contributed by atoms with Crippen molar-refractivity contribution in [1.29, 1.82) is 0 Å². The van der Waals surface area contributed by atoms with Crippen LogP contribution in [0.2, 0.25) is 25.1 Å². The van der Waals surface area contributed by atoms with E-state index in [4.69, 9.17) is 58.0 Å². The third kappa shape index (κ3) is 6.62. The van der Waals surface area contributed by atoms with Gasteiger partial charge in [0.2, 0.25) is 0 Å². The molecule has 0 aliphatic rings. The Morgan fingerprint density at radius 3 is 1.81 bits per heavy atom. The van der Waals surface area contributed by atoms with Crippen molar-refractivity contribution in [3.63, 3.8) is 0 Å². The normalized spacial score (nSPS) is 11.2. The number of benzene rings is 5. The summed E-state index contributed by atoms with van der Waals surface area (Å²) in [4.78, 5) is 26.3. The van der Waals surface area contributed by atoms with Gasteiger partial charge in [-0.3, -0.25) is 9.59 Å². The molecule has 0 saturated heterocycles. The van der Waals surface area contributed by atoms with Crippen LogP contribution in [-0.2, 0) is 0 Å². The predicted octanol–water partition coefficient (Wildman–Crippen LogP) is 10.7. The van der Waals surface area contributed by atoms with Gasteiger partial charge < -0.3 is 15.7 Å². The molecule has 0 unspecified atom stereocenters. The lowest BCUT2D eigenvalue weighted by molar-refractivity contribution is 0.101. The van der Waals surface area contributed by atoms with Gasteiger partial charge in [-0.05, 0) is 84.2 Å². The second kappa shape index (κ2) is 12.6. The molecule has 3 N–H and O–H groups in total. The van der Waals surface area contributed by atoms with Crippen molar-refractivity contribution in [1.82, 2.24) is 0 Å². The van der Waals surface area contributed by atoms with E-state index in [1.807, 2.05) is 0 Å². The second-order valence-corrected chi connectivity index (χ2v) is 11.0. The van der Waals surface area contributed by atoms with Gasteiger partial charge in [0, 0.05) is 32.4 Å². The zero-order valence-electron chi connectivity index (χ0n) is 21.1. The summed E-state index contributed by atoms with van der Waals surface area (Å²) in [6.45, 7) is 0. The van der Waals surface area contributed by atoms with Crippen molar-refractivity contribution in [2.45, 2.75) is 0 Å². The number of nitrogens with one attached hydrogen (secondary N) is 2. The molecule has 5 rings (SSSR count). The van der Waals surface area contributed by atoms with Crippen LogP contribution in [0.3, 0.4) is 0 Å². The van der Waals surface area contributed by atoms with Crippen molar-refractivity contribution in [3.8, 4) is 5.75 Å². The summed E-state index contributed by atoms with van der Waals surface area (Å²) >= 11 is 30.3. The minimum absolute atomic E-state index is 0.0273. The minimum atomic E-state index is -0.628. The van der Waals surface area contributed by atoms with Crippen molar-refractivity contribution < 1.29 is 14.7 Å². The number of nitrogens with zero attached hydrogens (tertiary/aromatic N) is 2. The molecule has 0 bridgehead atoms. The molecule has 0 radical (unpaired) electrons. The maximum atomic E-state index is 13.3. The molecule has 0 fully saturated rings. The van der Waals surface area contributed by atoms with E-state index in [9.17, 15) is 14.7 Å². The molecule has 5 aromatic rings. The molecule has 0 saturated carbocycles. The van der Waals surface area contributed by atoms with E-state index in [1.165, 1.54) is 18.2 Å². The molecule has 2 amide bonds. The number of anilines is 2. The van der Waals surface area contributed by atoms with Gasteiger partial charge >= 0.3 is 0 Å². The molecule has 0 aliphatic carbocycles. The first-order valence-corrected chi connectivity index (χ1v) is 14.0. The lowest BCUT2D eigenvalue weighted by Gasteiger charge is -2.13. The number of carbonyl (C=O) groups excluding carboxylic acids is 2. The lowest BCUT2D eigenvalue weighted by atomic mass is 10.0. The number of fused-ring (bicyclic) bond motifs is 1. The van der Waals surface area contributed by atoms with Crippen LogP contribution >= 0.6 is 58.0 Å². The van der Waals surface area contributed by atoms with E-state index in [-0.39, 0.29) is 32.0 Å². The number of azo groups is 1. The summed E-state index contributed by atoms with van der Waals surface area (Å²) in [7, 11) is 0. The molecule has 0 heterocycles. The Morgan fingerprint density at radius 1 is 0.619 bits per heavy atom. The van der Waals surface area contributed by atoms with Gasteiger partial charge in [0.05, 0.1) is 20.6 Å². The third-order valence-corrected chi connectivity index (χ3v) is 7.57. The van der Waals surface area contributed by atoms with Gasteiger partial charge in [-0.1, -0.05) is 64.1 Å². The highest BCUT2D eigenvalue weighted by Crippen LogP contribution is 2.41. The van der Waals surface area contributed by atoms with E-state index in [2.05, 4.69) is 20.9 Å². The Kier molecular flexibility index (Phi) is 8.87. The Hall–Kier alpha value is -3.85. The maximum absolute atomic E-state index is 13.3. The number of carbonyl (C=O) groups is 2. The Bertz CT molecular complexity index is 1880. The van der Waals surface area contributed by atoms with Gasteiger partial charge in [-0.15, -0.1) is 10.2 Å². The van der Waals surface area contributed by atoms with Crippen LogP contribution in [0.25, 0.3) is 10.8 Å². The summed E-state index contributed by atoms with van der Waals surface area (Å²) in [6.07, 6.45) is 0. The Morgan fingerprint density at radius 2 is 1.19 bits per heavy atom. The highest BCUT2D eigenvalue weighted by Gasteiger charge is 2.20. The molecule has 0 aliphatic heterocycles. The zero-order valence-corrected chi connectivity index (χ0v) is 24.9. The summed E-state index contributed by atoms with van der Waals surface area (Å²) in [5, 5.41) is 27.6. The smallest absolute Gasteiger partial charge is 0.259 e. The standard InChI is InChI=1S/C30H17Cl5N4O3/c31-17-2-6-19(7-3-17)36-29(41)15-1-10-21-16(11-15)12-22(30(42)37-20-8-4-18(32)5-9-20)28(40)27(21)39-38-26-14-24(34)23(33)13-25(26)35/h1-14,40H,(H,36,41)(H,37,42)/b39-38+. The summed E-state index contributed by atoms with van der Waals surface area (Å²) in [5.74, 6) is -1.46. The maximum Gasteiger partial charge on any atom is 0.259 e. The van der Waals surface area contributed by atoms with Gasteiger partial charge in [0.25, 0.3) is 11.8 Å². The molecular weight excluding hydrogens is 642 g/mol. The summed E-state index contributed by atoms with van der Waals surface area (Å²) < 4.78 is 0. The monoisotopic (exact) mass is 656 g/mol. The average Bonchev–Trinajstić information content (AvgIpc) is 2.96. The zero-order chi connectivity index (χ0) is 30.0. The molecule has 0 spiro atoms. The lowest BCUT2D eigenvalue weighted by Crippen LogP contribution is -2.13. The largest absolute Gasteiger partial charge is 0.505 e. The van der Waals surface area contributed by atoms with E-state index in [0.29, 0.717) is 37.8 Å². The van der Waals surface area contributed by atoms with Crippen LogP contribution in [0, 0.1) is 0 Å². The highest BCUT2D eigenvalue weighted by atomic mass is 35.5. The average molecular weight is 659 g/mol. The third-order valence-electron chi connectivity index (χ3n) is 6.04. The molecule has 5 aromatic carbocycles. The summed E-state index contributed by atoms with van der Waals surface area (Å²) in [6, 6.07) is 22.1. The number of hydrogen-bond acceptors (Lipinski definition) is 5. The first-order chi connectivity index (χ1) is 20.1. The number of halogens is 5. The quantitative estimate of drug-likeness (QED) is 0.125. The van der Waals surface area contributed by atoms with Gasteiger partial charge in [-0.2, -0.15) is 0 Å². The van der Waals surface area contributed by atoms with E-state index in [0.717, 1.165) is 0 Å². The molecule has 42 heavy (non-hydrogen) atoms.